The van der Waals surface area contributed by atoms with E-state index >= 15 is 0 Å². The van der Waals surface area contributed by atoms with Gasteiger partial charge in [-0.15, -0.1) is 0 Å². The molecular weight excluding hydrogens is 316 g/mol. The third-order valence-corrected chi connectivity index (χ3v) is 3.47. The fourth-order valence-electron chi connectivity index (χ4n) is 1.92. The minimum Gasteiger partial charge on any atom is -0.481 e. The Morgan fingerprint density at radius 2 is 0.833 bits per heavy atom. The van der Waals surface area contributed by atoms with Crippen LogP contribution in [-0.2, 0) is 28.8 Å². The van der Waals surface area contributed by atoms with Crippen molar-refractivity contribution in [3.8, 4) is 0 Å². The van der Waals surface area contributed by atoms with Crippen molar-refractivity contribution in [2.45, 2.75) is 71.1 Å². The summed E-state index contributed by atoms with van der Waals surface area (Å²) in [6.07, 6.45) is 0.0378. The Morgan fingerprint density at radius 1 is 0.542 bits per heavy atom. The summed E-state index contributed by atoms with van der Waals surface area (Å²) < 4.78 is 0. The Morgan fingerprint density at radius 3 is 1.12 bits per heavy atom. The van der Waals surface area contributed by atoms with Crippen molar-refractivity contribution in [1.29, 1.82) is 0 Å². The van der Waals surface area contributed by atoms with E-state index in [1.54, 1.807) is 6.92 Å². The van der Waals surface area contributed by atoms with Gasteiger partial charge in [0, 0.05) is 57.8 Å². The summed E-state index contributed by atoms with van der Waals surface area (Å²) in [6, 6.07) is 0. The zero-order valence-electron chi connectivity index (χ0n) is 14.0. The number of carbonyl (C=O) groups excluding carboxylic acids is 5. The lowest BCUT2D eigenvalue weighted by Crippen LogP contribution is -2.11. The number of carboxylic acid groups (broad SMARTS) is 1. The molecule has 0 aliphatic carbocycles. The van der Waals surface area contributed by atoms with Crippen LogP contribution < -0.4 is 0 Å². The molecule has 0 radical (unpaired) electrons. The standard InChI is InChI=1S/C17H24O7/c1-2-12(18)3-4-13(19)5-6-14(20)7-8-15(21)9-10-16(22)11-17(23)24/h2-11H2,1H3,(H,23,24). The van der Waals surface area contributed by atoms with E-state index in [-0.39, 0.29) is 74.5 Å². The van der Waals surface area contributed by atoms with E-state index in [0.29, 0.717) is 6.42 Å². The molecule has 0 aromatic rings. The number of ketones is 5. The molecule has 24 heavy (non-hydrogen) atoms. The van der Waals surface area contributed by atoms with Gasteiger partial charge in [0.15, 0.2) is 0 Å². The normalized spacial score (nSPS) is 10.2. The molecule has 0 saturated carbocycles. The molecule has 0 aliphatic heterocycles. The third-order valence-electron chi connectivity index (χ3n) is 3.47. The number of hydrogen-bond acceptors (Lipinski definition) is 6. The molecule has 0 amide bonds. The molecule has 0 spiro atoms. The summed E-state index contributed by atoms with van der Waals surface area (Å²) >= 11 is 0. The lowest BCUT2D eigenvalue weighted by Gasteiger charge is -2.02. The molecule has 0 heterocycles. The van der Waals surface area contributed by atoms with Crippen molar-refractivity contribution in [2.75, 3.05) is 0 Å². The fourth-order valence-corrected chi connectivity index (χ4v) is 1.92. The van der Waals surface area contributed by atoms with Crippen molar-refractivity contribution in [3.05, 3.63) is 0 Å². The molecule has 0 aliphatic rings. The molecule has 0 bridgehead atoms. The van der Waals surface area contributed by atoms with Crippen LogP contribution in [-0.4, -0.2) is 40.0 Å². The van der Waals surface area contributed by atoms with E-state index in [1.165, 1.54) is 0 Å². The molecule has 0 fully saturated rings. The summed E-state index contributed by atoms with van der Waals surface area (Å²) in [5, 5.41) is 8.42. The molecule has 7 heteroatoms. The zero-order valence-corrected chi connectivity index (χ0v) is 14.0. The maximum absolute atomic E-state index is 11.6. The van der Waals surface area contributed by atoms with Gasteiger partial charge >= 0.3 is 5.97 Å². The van der Waals surface area contributed by atoms with Crippen LogP contribution in [0, 0.1) is 0 Å². The van der Waals surface area contributed by atoms with Crippen molar-refractivity contribution in [3.63, 3.8) is 0 Å². The van der Waals surface area contributed by atoms with Crippen LogP contribution in [0.5, 0.6) is 0 Å². The van der Waals surface area contributed by atoms with Gasteiger partial charge in [-0.05, 0) is 0 Å². The molecule has 0 aromatic heterocycles. The van der Waals surface area contributed by atoms with Crippen LogP contribution >= 0.6 is 0 Å². The highest BCUT2D eigenvalue weighted by atomic mass is 16.4. The second kappa shape index (κ2) is 12.3. The average molecular weight is 340 g/mol. The summed E-state index contributed by atoms with van der Waals surface area (Å²) in [7, 11) is 0. The Bertz CT molecular complexity index is 505. The van der Waals surface area contributed by atoms with Gasteiger partial charge in [0.2, 0.25) is 0 Å². The monoisotopic (exact) mass is 340 g/mol. The largest absolute Gasteiger partial charge is 0.481 e. The Hall–Kier alpha value is -2.18. The first-order chi connectivity index (χ1) is 11.2. The van der Waals surface area contributed by atoms with E-state index in [9.17, 15) is 28.8 Å². The van der Waals surface area contributed by atoms with Crippen LogP contribution in [0.1, 0.15) is 71.1 Å². The summed E-state index contributed by atoms with van der Waals surface area (Å²) in [5.74, 6) is -2.37. The highest BCUT2D eigenvalue weighted by Crippen LogP contribution is 2.07. The highest BCUT2D eigenvalue weighted by molar-refractivity contribution is 5.97. The van der Waals surface area contributed by atoms with Crippen LogP contribution in [0.25, 0.3) is 0 Å². The molecule has 0 atom stereocenters. The Balaban J connectivity index is 3.83. The average Bonchev–Trinajstić information content (AvgIpc) is 2.53. The van der Waals surface area contributed by atoms with Crippen LogP contribution in [0.3, 0.4) is 0 Å². The third kappa shape index (κ3) is 12.4. The van der Waals surface area contributed by atoms with E-state index in [4.69, 9.17) is 5.11 Å². The van der Waals surface area contributed by atoms with E-state index in [2.05, 4.69) is 0 Å². The van der Waals surface area contributed by atoms with Crippen molar-refractivity contribution in [1.82, 2.24) is 0 Å². The van der Waals surface area contributed by atoms with Gasteiger partial charge in [0.1, 0.15) is 35.3 Å². The molecule has 0 unspecified atom stereocenters. The van der Waals surface area contributed by atoms with Gasteiger partial charge in [0.25, 0.3) is 0 Å². The Kier molecular flexibility index (Phi) is 11.2. The van der Waals surface area contributed by atoms with E-state index < -0.39 is 18.2 Å². The molecule has 0 aromatic carbocycles. The minimum absolute atomic E-state index is 0.00707. The first-order valence-corrected chi connectivity index (χ1v) is 8.04. The topological polar surface area (TPSA) is 123 Å². The van der Waals surface area contributed by atoms with Crippen molar-refractivity contribution >= 4 is 34.9 Å². The van der Waals surface area contributed by atoms with Crippen LogP contribution in [0.4, 0.5) is 0 Å². The quantitative estimate of drug-likeness (QED) is 0.451. The van der Waals surface area contributed by atoms with Crippen LogP contribution in [0.15, 0.2) is 0 Å². The van der Waals surface area contributed by atoms with Gasteiger partial charge in [-0.1, -0.05) is 6.92 Å². The fraction of sp³-hybridized carbons (Fsp3) is 0.647. The predicted octanol–water partition coefficient (Wildman–Crippen LogP) is 1.84. The number of Topliss-reactive ketones (excluding diaryl/α,β-unsaturated/α-hetero) is 5. The molecule has 134 valence electrons. The maximum atomic E-state index is 11.6. The molecule has 1 N–H and O–H groups in total. The second-order valence-corrected chi connectivity index (χ2v) is 5.62. The smallest absolute Gasteiger partial charge is 0.310 e. The van der Waals surface area contributed by atoms with Gasteiger partial charge in [0.05, 0.1) is 0 Å². The van der Waals surface area contributed by atoms with Crippen molar-refractivity contribution < 1.29 is 33.9 Å². The number of rotatable bonds is 15. The van der Waals surface area contributed by atoms with E-state index in [0.717, 1.165) is 0 Å². The van der Waals surface area contributed by atoms with Gasteiger partial charge in [-0.25, -0.2) is 0 Å². The number of aliphatic carboxylic acids is 1. The van der Waals surface area contributed by atoms with Crippen molar-refractivity contribution in [2.24, 2.45) is 0 Å². The van der Waals surface area contributed by atoms with Gasteiger partial charge < -0.3 is 5.11 Å². The number of carbonyl (C=O) groups is 6. The van der Waals surface area contributed by atoms with Gasteiger partial charge in [-0.3, -0.25) is 28.8 Å². The number of hydrogen-bond donors (Lipinski definition) is 1. The maximum Gasteiger partial charge on any atom is 0.310 e. The first-order valence-electron chi connectivity index (χ1n) is 8.04. The van der Waals surface area contributed by atoms with E-state index in [1.807, 2.05) is 0 Å². The summed E-state index contributed by atoms with van der Waals surface area (Å²) in [6.45, 7) is 1.72. The second-order valence-electron chi connectivity index (χ2n) is 5.62. The zero-order chi connectivity index (χ0) is 18.5. The summed E-state index contributed by atoms with van der Waals surface area (Å²) in [5.41, 5.74) is 0. The lowest BCUT2D eigenvalue weighted by molar-refractivity contribution is -0.140. The first kappa shape index (κ1) is 21.8. The summed E-state index contributed by atoms with van der Waals surface area (Å²) in [4.78, 5) is 67.2. The minimum atomic E-state index is -1.23. The molecule has 7 nitrogen and oxygen atoms in total. The van der Waals surface area contributed by atoms with Gasteiger partial charge in [-0.2, -0.15) is 0 Å². The van der Waals surface area contributed by atoms with Crippen LogP contribution in [0.2, 0.25) is 0 Å². The molecule has 0 saturated heterocycles. The number of carboxylic acids is 1. The molecular formula is C17H24O7. The Labute approximate surface area is 140 Å². The highest BCUT2D eigenvalue weighted by Gasteiger charge is 2.13. The lowest BCUT2D eigenvalue weighted by atomic mass is 10.0. The predicted molar refractivity (Wildman–Crippen MR) is 84.5 cm³/mol. The SMILES string of the molecule is CCC(=O)CCC(=O)CCC(=O)CCC(=O)CCC(=O)CC(=O)O. The molecule has 0 rings (SSSR count).